The lowest BCUT2D eigenvalue weighted by atomic mass is 10.1. The molecule has 0 fully saturated rings. The summed E-state index contributed by atoms with van der Waals surface area (Å²) in [4.78, 5) is 1.18. The smallest absolute Gasteiger partial charge is 0.316 e. The molecule has 0 aliphatic carbocycles. The molecule has 1 heterocycles. The van der Waals surface area contributed by atoms with Gasteiger partial charge in [0.2, 0.25) is 0 Å². The van der Waals surface area contributed by atoms with Crippen LogP contribution in [-0.4, -0.2) is 24.0 Å². The van der Waals surface area contributed by atoms with Gasteiger partial charge in [-0.1, -0.05) is 36.4 Å². The molecule has 0 saturated heterocycles. The molecule has 0 saturated carbocycles. The van der Waals surface area contributed by atoms with Crippen LogP contribution in [0.3, 0.4) is 0 Å². The monoisotopic (exact) mass is 336 g/mol. The molecule has 3 N–H and O–H groups in total. The highest BCUT2D eigenvalue weighted by Gasteiger charge is 2.41. The van der Waals surface area contributed by atoms with Crippen LogP contribution in [0.4, 0.5) is 10.1 Å². The molecular weight excluding hydrogens is 323 g/mol. The van der Waals surface area contributed by atoms with E-state index in [2.05, 4.69) is 5.10 Å². The second kappa shape index (κ2) is 5.52. The van der Waals surface area contributed by atoms with Gasteiger partial charge in [0.1, 0.15) is 5.82 Å². The fraction of sp³-hybridized carbons (Fsp3) is 0.0714. The van der Waals surface area contributed by atoms with Crippen molar-refractivity contribution in [2.45, 2.75) is 6.17 Å². The predicted molar refractivity (Wildman–Crippen MR) is 83.1 cm³/mol. The van der Waals surface area contributed by atoms with Crippen molar-refractivity contribution in [3.63, 3.8) is 0 Å². The lowest BCUT2D eigenvalue weighted by molar-refractivity contribution is 0.372. The van der Waals surface area contributed by atoms with E-state index in [0.717, 1.165) is 6.07 Å². The van der Waals surface area contributed by atoms with Gasteiger partial charge in [0, 0.05) is 0 Å². The van der Waals surface area contributed by atoms with Gasteiger partial charge in [-0.15, -0.1) is 9.52 Å². The number of amidine groups is 1. The molecule has 0 amide bonds. The molecule has 1 atom stereocenters. The quantitative estimate of drug-likeness (QED) is 0.891. The Balaban J connectivity index is 2.15. The minimum absolute atomic E-state index is 0.242. The first kappa shape index (κ1) is 15.3. The Morgan fingerprint density at radius 1 is 1.13 bits per heavy atom. The summed E-state index contributed by atoms with van der Waals surface area (Å²) in [7, 11) is -4.23. The third-order valence-electron chi connectivity index (χ3n) is 3.30. The molecule has 1 aliphatic rings. The van der Waals surface area contributed by atoms with E-state index in [0.29, 0.717) is 9.98 Å². The fourth-order valence-corrected chi connectivity index (χ4v) is 3.06. The molecule has 0 radical (unpaired) electrons. The van der Waals surface area contributed by atoms with Crippen LogP contribution in [0.15, 0.2) is 59.7 Å². The maximum absolute atomic E-state index is 13.5. The van der Waals surface area contributed by atoms with Crippen LogP contribution in [0, 0.1) is 5.82 Å². The summed E-state index contributed by atoms with van der Waals surface area (Å²) in [5.41, 5.74) is 0.754. The molecule has 3 rings (SSSR count). The minimum atomic E-state index is -4.23. The predicted octanol–water partition coefficient (Wildman–Crippen LogP) is 1.68. The van der Waals surface area contributed by atoms with Gasteiger partial charge >= 0.3 is 16.2 Å². The van der Waals surface area contributed by atoms with Crippen molar-refractivity contribution in [2.75, 3.05) is 4.90 Å². The van der Waals surface area contributed by atoms with Crippen LogP contribution in [0.2, 0.25) is 0 Å². The topological polar surface area (TPSA) is 99.2 Å². The molecule has 1 aliphatic heterocycles. The van der Waals surface area contributed by atoms with Gasteiger partial charge in [0.25, 0.3) is 0 Å². The number of hydrogen-bond acceptors (Lipinski definition) is 4. The number of aliphatic hydroxyl groups excluding tert-OH is 1. The standard InChI is InChI=1S/C14H13FN4O3S/c15-11-7-4-8-12(9-11)18-13(10-5-2-1-3-6-10)19(17-14(18)20)23(16,21)22/h1-9,13H,(H,17,20)(H2,16,21,22). The van der Waals surface area contributed by atoms with Crippen molar-refractivity contribution in [1.29, 1.82) is 0 Å². The number of rotatable bonds is 3. The second-order valence-corrected chi connectivity index (χ2v) is 6.26. The Kier molecular flexibility index (Phi) is 3.66. The zero-order valence-corrected chi connectivity index (χ0v) is 12.6. The molecule has 2 aromatic rings. The highest BCUT2D eigenvalue weighted by molar-refractivity contribution is 7.86. The number of anilines is 1. The van der Waals surface area contributed by atoms with Crippen molar-refractivity contribution >= 4 is 21.9 Å². The van der Waals surface area contributed by atoms with Crippen LogP contribution in [0.25, 0.3) is 0 Å². The molecule has 0 spiro atoms. The highest BCUT2D eigenvalue weighted by Crippen LogP contribution is 2.36. The van der Waals surface area contributed by atoms with Crippen LogP contribution >= 0.6 is 0 Å². The van der Waals surface area contributed by atoms with Crippen molar-refractivity contribution in [3.8, 4) is 0 Å². The zero-order chi connectivity index (χ0) is 16.6. The minimum Gasteiger partial charge on any atom is -0.479 e. The zero-order valence-electron chi connectivity index (χ0n) is 11.7. The molecule has 0 bridgehead atoms. The van der Waals surface area contributed by atoms with Gasteiger partial charge in [0.15, 0.2) is 6.17 Å². The van der Waals surface area contributed by atoms with Crippen LogP contribution in [0.5, 0.6) is 0 Å². The number of nitrogens with zero attached hydrogens (tertiary/aromatic N) is 3. The van der Waals surface area contributed by atoms with Crippen molar-refractivity contribution in [1.82, 2.24) is 4.41 Å². The van der Waals surface area contributed by atoms with Gasteiger partial charge in [0.05, 0.1) is 5.69 Å². The number of hydrogen-bond donors (Lipinski definition) is 2. The molecule has 9 heteroatoms. The summed E-state index contributed by atoms with van der Waals surface area (Å²) in [6.07, 6.45) is -1.05. The third-order valence-corrected chi connectivity index (χ3v) is 4.10. The first-order valence-electron chi connectivity index (χ1n) is 6.57. The summed E-state index contributed by atoms with van der Waals surface area (Å²) < 4.78 is 37.7. The third kappa shape index (κ3) is 2.83. The van der Waals surface area contributed by atoms with E-state index in [1.165, 1.54) is 23.1 Å². The Labute approximate surface area is 132 Å². The second-order valence-electron chi connectivity index (χ2n) is 4.85. The van der Waals surface area contributed by atoms with E-state index in [1.54, 1.807) is 30.3 Å². The maximum Gasteiger partial charge on any atom is 0.316 e. The van der Waals surface area contributed by atoms with E-state index in [-0.39, 0.29) is 5.69 Å². The first-order valence-corrected chi connectivity index (χ1v) is 8.08. The first-order chi connectivity index (χ1) is 10.9. The summed E-state index contributed by atoms with van der Waals surface area (Å²) in [5.74, 6) is -0.531. The number of nitrogens with two attached hydrogens (primary N) is 1. The maximum atomic E-state index is 13.5. The molecular formula is C14H13FN4O3S. The van der Waals surface area contributed by atoms with E-state index < -0.39 is 28.2 Å². The normalized spacial score (nSPS) is 18.2. The molecule has 1 unspecified atom stereocenters. The van der Waals surface area contributed by atoms with Gasteiger partial charge < -0.3 is 5.11 Å². The molecule has 0 aromatic heterocycles. The average molecular weight is 336 g/mol. The summed E-state index contributed by atoms with van der Waals surface area (Å²) in [5, 5.41) is 18.9. The highest BCUT2D eigenvalue weighted by atomic mass is 32.2. The van der Waals surface area contributed by atoms with E-state index >= 15 is 0 Å². The molecule has 7 nitrogen and oxygen atoms in total. The Morgan fingerprint density at radius 2 is 1.83 bits per heavy atom. The van der Waals surface area contributed by atoms with E-state index in [9.17, 15) is 17.9 Å². The van der Waals surface area contributed by atoms with Gasteiger partial charge in [-0.3, -0.25) is 4.90 Å². The summed E-state index contributed by atoms with van der Waals surface area (Å²) >= 11 is 0. The van der Waals surface area contributed by atoms with E-state index in [1.807, 2.05) is 0 Å². The number of aliphatic hydroxyl groups is 1. The Bertz CT molecular complexity index is 857. The number of hydrazone groups is 1. The largest absolute Gasteiger partial charge is 0.479 e. The lowest BCUT2D eigenvalue weighted by Crippen LogP contribution is -2.40. The van der Waals surface area contributed by atoms with Gasteiger partial charge in [-0.05, 0) is 23.8 Å². The van der Waals surface area contributed by atoms with Crippen LogP contribution < -0.4 is 10.0 Å². The number of halogens is 1. The van der Waals surface area contributed by atoms with Crippen molar-refractivity contribution < 1.29 is 17.9 Å². The molecule has 120 valence electrons. The SMILES string of the molecule is NS(=O)(=O)N1N=C(O)N(c2cccc(F)c2)C1c1ccccc1. The average Bonchev–Trinajstić information content (AvgIpc) is 2.86. The van der Waals surface area contributed by atoms with Gasteiger partial charge in [-0.2, -0.15) is 8.42 Å². The van der Waals surface area contributed by atoms with Gasteiger partial charge in [-0.25, -0.2) is 9.53 Å². The Morgan fingerprint density at radius 3 is 2.43 bits per heavy atom. The summed E-state index contributed by atoms with van der Waals surface area (Å²) in [6, 6.07) is 13.2. The number of benzene rings is 2. The molecule has 23 heavy (non-hydrogen) atoms. The molecule has 2 aromatic carbocycles. The fourth-order valence-electron chi connectivity index (χ4n) is 2.38. The van der Waals surface area contributed by atoms with Crippen LogP contribution in [0.1, 0.15) is 11.7 Å². The van der Waals surface area contributed by atoms with Crippen LogP contribution in [-0.2, 0) is 10.2 Å². The van der Waals surface area contributed by atoms with E-state index in [4.69, 9.17) is 5.14 Å². The Hall–Kier alpha value is -2.65. The van der Waals surface area contributed by atoms with Crippen molar-refractivity contribution in [2.24, 2.45) is 10.2 Å². The van der Waals surface area contributed by atoms with Crippen molar-refractivity contribution in [3.05, 3.63) is 66.0 Å². The summed E-state index contributed by atoms with van der Waals surface area (Å²) in [6.45, 7) is 0. The lowest BCUT2D eigenvalue weighted by Gasteiger charge is -2.29.